The molecule has 3 heteroatoms. The standard InChI is InChI=1S/C15H27N3/c1-4-11-18-12-10-17-15(18)8-6-5-7-9-16-13-14(2)3/h5-6,10,12,14,16H,4,7-9,11,13H2,1-3H3. The van der Waals surface area contributed by atoms with Crippen molar-refractivity contribution in [3.8, 4) is 0 Å². The van der Waals surface area contributed by atoms with Gasteiger partial charge in [0.1, 0.15) is 5.82 Å². The highest BCUT2D eigenvalue weighted by molar-refractivity contribution is 4.99. The van der Waals surface area contributed by atoms with E-state index in [4.69, 9.17) is 0 Å². The predicted molar refractivity (Wildman–Crippen MR) is 77.7 cm³/mol. The molecule has 0 spiro atoms. The van der Waals surface area contributed by atoms with Crippen LogP contribution in [0.5, 0.6) is 0 Å². The number of hydrogen-bond donors (Lipinski definition) is 1. The lowest BCUT2D eigenvalue weighted by Gasteiger charge is -2.05. The molecule has 1 rings (SSSR count). The zero-order chi connectivity index (χ0) is 13.2. The first-order valence-corrected chi connectivity index (χ1v) is 7.09. The Hall–Kier alpha value is -1.09. The zero-order valence-corrected chi connectivity index (χ0v) is 12.0. The molecule has 0 saturated heterocycles. The average Bonchev–Trinajstić information content (AvgIpc) is 2.76. The Balaban J connectivity index is 2.17. The monoisotopic (exact) mass is 249 g/mol. The van der Waals surface area contributed by atoms with Gasteiger partial charge in [-0.15, -0.1) is 0 Å². The lowest BCUT2D eigenvalue weighted by molar-refractivity contribution is 0.556. The van der Waals surface area contributed by atoms with Gasteiger partial charge in [-0.3, -0.25) is 0 Å². The second kappa shape index (κ2) is 8.92. The fraction of sp³-hybridized carbons (Fsp3) is 0.667. The third-order valence-electron chi connectivity index (χ3n) is 2.77. The van der Waals surface area contributed by atoms with Gasteiger partial charge in [0, 0.05) is 25.4 Å². The molecule has 0 aliphatic rings. The van der Waals surface area contributed by atoms with Crippen LogP contribution in [-0.4, -0.2) is 22.6 Å². The summed E-state index contributed by atoms with van der Waals surface area (Å²) in [6.07, 6.45) is 11.6. The highest BCUT2D eigenvalue weighted by atomic mass is 15.1. The Labute approximate surface area is 111 Å². The Bertz CT molecular complexity index is 339. The molecule has 18 heavy (non-hydrogen) atoms. The lowest BCUT2D eigenvalue weighted by atomic mass is 10.2. The van der Waals surface area contributed by atoms with Crippen LogP contribution in [0, 0.1) is 5.92 Å². The van der Waals surface area contributed by atoms with Gasteiger partial charge in [-0.2, -0.15) is 0 Å². The lowest BCUT2D eigenvalue weighted by Crippen LogP contribution is -2.20. The molecule has 0 amide bonds. The molecular weight excluding hydrogens is 222 g/mol. The second-order valence-electron chi connectivity index (χ2n) is 5.10. The van der Waals surface area contributed by atoms with Crippen LogP contribution in [0.2, 0.25) is 0 Å². The van der Waals surface area contributed by atoms with E-state index in [1.807, 2.05) is 6.20 Å². The van der Waals surface area contributed by atoms with Gasteiger partial charge >= 0.3 is 0 Å². The topological polar surface area (TPSA) is 29.9 Å². The first-order valence-electron chi connectivity index (χ1n) is 7.09. The summed E-state index contributed by atoms with van der Waals surface area (Å²) in [5.41, 5.74) is 0. The van der Waals surface area contributed by atoms with Crippen molar-refractivity contribution in [3.05, 3.63) is 30.4 Å². The molecule has 3 nitrogen and oxygen atoms in total. The molecule has 0 unspecified atom stereocenters. The van der Waals surface area contributed by atoms with Crippen molar-refractivity contribution in [3.63, 3.8) is 0 Å². The van der Waals surface area contributed by atoms with Crippen LogP contribution in [0.25, 0.3) is 0 Å². The summed E-state index contributed by atoms with van der Waals surface area (Å²) in [6, 6.07) is 0. The van der Waals surface area contributed by atoms with Gasteiger partial charge in [0.2, 0.25) is 0 Å². The Morgan fingerprint density at radius 2 is 2.22 bits per heavy atom. The maximum absolute atomic E-state index is 4.39. The van der Waals surface area contributed by atoms with Gasteiger partial charge in [0.15, 0.2) is 0 Å². The highest BCUT2D eigenvalue weighted by Gasteiger charge is 1.98. The molecule has 1 heterocycles. The fourth-order valence-corrected chi connectivity index (χ4v) is 1.86. The summed E-state index contributed by atoms with van der Waals surface area (Å²) in [4.78, 5) is 4.39. The van der Waals surface area contributed by atoms with E-state index in [-0.39, 0.29) is 0 Å². The molecule has 0 fully saturated rings. The number of allylic oxidation sites excluding steroid dienone is 1. The molecule has 1 N–H and O–H groups in total. The van der Waals surface area contributed by atoms with Gasteiger partial charge in [0.05, 0.1) is 0 Å². The summed E-state index contributed by atoms with van der Waals surface area (Å²) < 4.78 is 2.24. The summed E-state index contributed by atoms with van der Waals surface area (Å²) >= 11 is 0. The summed E-state index contributed by atoms with van der Waals surface area (Å²) in [5, 5.41) is 3.44. The Morgan fingerprint density at radius 1 is 1.39 bits per heavy atom. The van der Waals surface area contributed by atoms with Crippen LogP contribution in [0.15, 0.2) is 24.5 Å². The maximum atomic E-state index is 4.39. The van der Waals surface area contributed by atoms with Crippen molar-refractivity contribution in [1.82, 2.24) is 14.9 Å². The van der Waals surface area contributed by atoms with E-state index in [9.17, 15) is 0 Å². The minimum absolute atomic E-state index is 0.732. The van der Waals surface area contributed by atoms with E-state index in [0.717, 1.165) is 44.8 Å². The van der Waals surface area contributed by atoms with Crippen molar-refractivity contribution in [2.45, 2.75) is 46.6 Å². The van der Waals surface area contributed by atoms with Crippen LogP contribution in [-0.2, 0) is 13.0 Å². The van der Waals surface area contributed by atoms with Gasteiger partial charge in [0.25, 0.3) is 0 Å². The van der Waals surface area contributed by atoms with E-state index in [1.54, 1.807) is 0 Å². The first kappa shape index (κ1) is 15.0. The molecule has 1 aromatic heterocycles. The number of rotatable bonds is 9. The van der Waals surface area contributed by atoms with Crippen molar-refractivity contribution < 1.29 is 0 Å². The van der Waals surface area contributed by atoms with E-state index >= 15 is 0 Å². The zero-order valence-electron chi connectivity index (χ0n) is 12.0. The molecule has 0 radical (unpaired) electrons. The molecule has 0 aliphatic heterocycles. The second-order valence-corrected chi connectivity index (χ2v) is 5.10. The highest BCUT2D eigenvalue weighted by Crippen LogP contribution is 2.01. The van der Waals surface area contributed by atoms with E-state index in [1.165, 1.54) is 5.82 Å². The van der Waals surface area contributed by atoms with Crippen molar-refractivity contribution in [1.29, 1.82) is 0 Å². The molecule has 0 atom stereocenters. The minimum atomic E-state index is 0.732. The van der Waals surface area contributed by atoms with Gasteiger partial charge in [-0.1, -0.05) is 32.9 Å². The summed E-state index contributed by atoms with van der Waals surface area (Å²) in [7, 11) is 0. The molecular formula is C15H27N3. The minimum Gasteiger partial charge on any atom is -0.335 e. The van der Waals surface area contributed by atoms with Crippen LogP contribution >= 0.6 is 0 Å². The van der Waals surface area contributed by atoms with E-state index < -0.39 is 0 Å². The number of aromatic nitrogens is 2. The quantitative estimate of drug-likeness (QED) is 0.538. The van der Waals surface area contributed by atoms with Crippen molar-refractivity contribution >= 4 is 0 Å². The van der Waals surface area contributed by atoms with Crippen molar-refractivity contribution in [2.75, 3.05) is 13.1 Å². The van der Waals surface area contributed by atoms with Gasteiger partial charge < -0.3 is 9.88 Å². The van der Waals surface area contributed by atoms with Gasteiger partial charge in [-0.05, 0) is 31.8 Å². The van der Waals surface area contributed by atoms with Crippen LogP contribution < -0.4 is 5.32 Å². The van der Waals surface area contributed by atoms with Crippen molar-refractivity contribution in [2.24, 2.45) is 5.92 Å². The molecule has 0 bridgehead atoms. The van der Waals surface area contributed by atoms with Crippen LogP contribution in [0.3, 0.4) is 0 Å². The molecule has 0 aromatic carbocycles. The van der Waals surface area contributed by atoms with Crippen LogP contribution in [0.1, 0.15) is 39.4 Å². The Morgan fingerprint density at radius 3 is 2.94 bits per heavy atom. The first-order chi connectivity index (χ1) is 8.74. The normalized spacial score (nSPS) is 11.8. The number of hydrogen-bond acceptors (Lipinski definition) is 2. The maximum Gasteiger partial charge on any atom is 0.112 e. The third-order valence-corrected chi connectivity index (χ3v) is 2.77. The Kier molecular flexibility index (Phi) is 7.42. The van der Waals surface area contributed by atoms with E-state index in [0.29, 0.717) is 0 Å². The molecule has 1 aromatic rings. The van der Waals surface area contributed by atoms with E-state index in [2.05, 4.69) is 54.0 Å². The predicted octanol–water partition coefficient (Wildman–Crippen LogP) is 3.03. The fourth-order valence-electron chi connectivity index (χ4n) is 1.86. The number of aryl methyl sites for hydroxylation is 1. The smallest absolute Gasteiger partial charge is 0.112 e. The summed E-state index contributed by atoms with van der Waals surface area (Å²) in [5.74, 6) is 1.90. The molecule has 0 saturated carbocycles. The molecule has 102 valence electrons. The number of nitrogens with one attached hydrogen (secondary N) is 1. The third kappa shape index (κ3) is 6.01. The number of nitrogens with zero attached hydrogens (tertiary/aromatic N) is 2. The average molecular weight is 249 g/mol. The number of imidazole rings is 1. The largest absolute Gasteiger partial charge is 0.335 e. The van der Waals surface area contributed by atoms with Gasteiger partial charge in [-0.25, -0.2) is 4.98 Å². The SMILES string of the molecule is CCCn1ccnc1CC=CCCNCC(C)C. The van der Waals surface area contributed by atoms with Crippen LogP contribution in [0.4, 0.5) is 0 Å². The molecule has 0 aliphatic carbocycles. The summed E-state index contributed by atoms with van der Waals surface area (Å²) in [6.45, 7) is 9.90.